The van der Waals surface area contributed by atoms with Crippen LogP contribution in [0.1, 0.15) is 5.56 Å². The van der Waals surface area contributed by atoms with Crippen LogP contribution in [0.3, 0.4) is 0 Å². The topological polar surface area (TPSA) is 71.2 Å². The number of hydrogen-bond acceptors (Lipinski definition) is 4. The molecule has 1 aromatic rings. The highest BCUT2D eigenvalue weighted by Crippen LogP contribution is 2.04. The number of aromatic nitrogens is 1. The lowest BCUT2D eigenvalue weighted by atomic mass is 10.3. The van der Waals surface area contributed by atoms with E-state index in [1.165, 1.54) is 0 Å². The summed E-state index contributed by atoms with van der Waals surface area (Å²) in [6.45, 7) is 0. The van der Waals surface area contributed by atoms with Crippen molar-refractivity contribution in [3.8, 4) is 12.3 Å². The molecule has 62 valence electrons. The fraction of sp³-hybridized carbons (Fsp3) is 0.125. The van der Waals surface area contributed by atoms with Crippen molar-refractivity contribution >= 4 is 5.82 Å². The van der Waals surface area contributed by atoms with E-state index in [4.69, 9.17) is 17.3 Å². The average Bonchev–Trinajstić information content (AvgIpc) is 2.03. The van der Waals surface area contributed by atoms with Crippen molar-refractivity contribution in [2.24, 2.45) is 5.73 Å². The Morgan fingerprint density at radius 3 is 3.08 bits per heavy atom. The summed E-state index contributed by atoms with van der Waals surface area (Å²) in [5.74, 6) is 2.90. The molecular formula is C8H9N3O. The van der Waals surface area contributed by atoms with Gasteiger partial charge in [-0.25, -0.2) is 4.98 Å². The zero-order chi connectivity index (χ0) is 8.97. The van der Waals surface area contributed by atoms with E-state index < -0.39 is 6.35 Å². The van der Waals surface area contributed by atoms with Crippen LogP contribution >= 0.6 is 0 Å². The average molecular weight is 163 g/mol. The molecule has 0 spiro atoms. The Morgan fingerprint density at radius 2 is 2.50 bits per heavy atom. The van der Waals surface area contributed by atoms with Gasteiger partial charge in [-0.05, 0) is 12.1 Å². The first-order chi connectivity index (χ1) is 5.72. The number of aliphatic hydroxyl groups is 1. The Labute approximate surface area is 70.4 Å². The van der Waals surface area contributed by atoms with Gasteiger partial charge in [0.25, 0.3) is 0 Å². The number of rotatable bonds is 2. The molecule has 4 heteroatoms. The van der Waals surface area contributed by atoms with Crippen LogP contribution in [0.2, 0.25) is 0 Å². The predicted molar refractivity (Wildman–Crippen MR) is 46.0 cm³/mol. The molecule has 1 aromatic heterocycles. The molecule has 1 atom stereocenters. The molecule has 0 radical (unpaired) electrons. The van der Waals surface area contributed by atoms with Gasteiger partial charge in [0, 0.05) is 11.8 Å². The van der Waals surface area contributed by atoms with Gasteiger partial charge in [0.05, 0.1) is 0 Å². The van der Waals surface area contributed by atoms with E-state index in [0.29, 0.717) is 11.4 Å². The molecule has 0 aliphatic rings. The monoisotopic (exact) mass is 163 g/mol. The molecule has 12 heavy (non-hydrogen) atoms. The van der Waals surface area contributed by atoms with Crippen LogP contribution in [-0.4, -0.2) is 16.4 Å². The summed E-state index contributed by atoms with van der Waals surface area (Å²) in [4.78, 5) is 3.88. The fourth-order valence-electron chi connectivity index (χ4n) is 0.751. The molecule has 0 aliphatic carbocycles. The summed E-state index contributed by atoms with van der Waals surface area (Å²) in [6, 6.07) is 3.31. The van der Waals surface area contributed by atoms with E-state index in [1.807, 2.05) is 0 Å². The largest absolute Gasteiger partial charge is 0.361 e. The first kappa shape index (κ1) is 8.53. The van der Waals surface area contributed by atoms with Crippen molar-refractivity contribution in [3.05, 3.63) is 23.9 Å². The predicted octanol–water partition coefficient (Wildman–Crippen LogP) is -0.291. The van der Waals surface area contributed by atoms with E-state index in [2.05, 4.69) is 16.2 Å². The zero-order valence-corrected chi connectivity index (χ0v) is 6.36. The molecule has 0 amide bonds. The number of hydrogen-bond donors (Lipinski definition) is 3. The molecule has 1 unspecified atom stereocenters. The van der Waals surface area contributed by atoms with Gasteiger partial charge in [-0.1, -0.05) is 5.92 Å². The summed E-state index contributed by atoms with van der Waals surface area (Å²) in [5.41, 5.74) is 5.76. The minimum atomic E-state index is -1.12. The van der Waals surface area contributed by atoms with Gasteiger partial charge in [0.15, 0.2) is 6.35 Å². The first-order valence-electron chi connectivity index (χ1n) is 3.35. The van der Waals surface area contributed by atoms with Crippen molar-refractivity contribution in [1.82, 2.24) is 4.98 Å². The molecule has 0 bridgehead atoms. The maximum atomic E-state index is 8.74. The van der Waals surface area contributed by atoms with Crippen LogP contribution in [0, 0.1) is 12.3 Å². The van der Waals surface area contributed by atoms with Gasteiger partial charge in [-0.15, -0.1) is 6.42 Å². The standard InChI is InChI=1S/C8H9N3O/c1-2-6-3-4-10-7(5-6)11-8(9)12/h1,3-5,8,12H,9H2,(H,10,11). The van der Waals surface area contributed by atoms with E-state index in [0.717, 1.165) is 0 Å². The second-order valence-corrected chi connectivity index (χ2v) is 2.16. The summed E-state index contributed by atoms with van der Waals surface area (Å²) in [6.07, 6.45) is 5.57. The first-order valence-corrected chi connectivity index (χ1v) is 3.35. The van der Waals surface area contributed by atoms with Crippen molar-refractivity contribution < 1.29 is 5.11 Å². The van der Waals surface area contributed by atoms with E-state index >= 15 is 0 Å². The molecule has 0 aromatic carbocycles. The Morgan fingerprint density at radius 1 is 1.75 bits per heavy atom. The van der Waals surface area contributed by atoms with Gasteiger partial charge in [0.1, 0.15) is 5.82 Å². The molecule has 4 nitrogen and oxygen atoms in total. The number of terminal acetylenes is 1. The van der Waals surface area contributed by atoms with Crippen molar-refractivity contribution in [2.45, 2.75) is 6.35 Å². The van der Waals surface area contributed by atoms with E-state index in [9.17, 15) is 0 Å². The molecule has 0 saturated heterocycles. The maximum absolute atomic E-state index is 8.74. The zero-order valence-electron chi connectivity index (χ0n) is 6.36. The lowest BCUT2D eigenvalue weighted by Crippen LogP contribution is -2.28. The smallest absolute Gasteiger partial charge is 0.180 e. The second kappa shape index (κ2) is 3.72. The normalized spacial score (nSPS) is 11.8. The highest BCUT2D eigenvalue weighted by Gasteiger charge is 1.97. The quantitative estimate of drug-likeness (QED) is 0.414. The molecule has 1 heterocycles. The van der Waals surface area contributed by atoms with Crippen molar-refractivity contribution in [2.75, 3.05) is 5.32 Å². The van der Waals surface area contributed by atoms with Crippen molar-refractivity contribution in [3.63, 3.8) is 0 Å². The van der Waals surface area contributed by atoms with Crippen LogP contribution in [0.5, 0.6) is 0 Å². The Bertz CT molecular complexity index is 303. The van der Waals surface area contributed by atoms with Crippen LogP contribution < -0.4 is 11.1 Å². The SMILES string of the molecule is C#Cc1ccnc(NC(N)O)c1. The highest BCUT2D eigenvalue weighted by molar-refractivity contribution is 5.43. The molecule has 0 fully saturated rings. The van der Waals surface area contributed by atoms with Gasteiger partial charge in [-0.2, -0.15) is 0 Å². The Hall–Kier alpha value is -1.57. The van der Waals surface area contributed by atoms with Crippen LogP contribution in [-0.2, 0) is 0 Å². The lowest BCUT2D eigenvalue weighted by Gasteiger charge is -2.07. The molecular weight excluding hydrogens is 154 g/mol. The summed E-state index contributed by atoms with van der Waals surface area (Å²) < 4.78 is 0. The summed E-state index contributed by atoms with van der Waals surface area (Å²) in [7, 11) is 0. The summed E-state index contributed by atoms with van der Waals surface area (Å²) in [5, 5.41) is 11.3. The van der Waals surface area contributed by atoms with E-state index in [1.54, 1.807) is 18.3 Å². The summed E-state index contributed by atoms with van der Waals surface area (Å²) >= 11 is 0. The third-order valence-electron chi connectivity index (χ3n) is 1.22. The Balaban J connectivity index is 2.81. The minimum Gasteiger partial charge on any atom is -0.361 e. The number of nitrogens with zero attached hydrogens (tertiary/aromatic N) is 1. The fourth-order valence-corrected chi connectivity index (χ4v) is 0.751. The Kier molecular flexibility index (Phi) is 2.64. The maximum Gasteiger partial charge on any atom is 0.180 e. The number of nitrogens with one attached hydrogen (secondary N) is 1. The molecule has 0 saturated carbocycles. The molecule has 0 aliphatic heterocycles. The molecule has 4 N–H and O–H groups in total. The van der Waals surface area contributed by atoms with Crippen LogP contribution in [0.4, 0.5) is 5.82 Å². The van der Waals surface area contributed by atoms with Crippen LogP contribution in [0.15, 0.2) is 18.3 Å². The molecule has 1 rings (SSSR count). The number of aliphatic hydroxyl groups excluding tert-OH is 1. The van der Waals surface area contributed by atoms with Crippen molar-refractivity contribution in [1.29, 1.82) is 0 Å². The minimum absolute atomic E-state index is 0.459. The van der Waals surface area contributed by atoms with Gasteiger partial charge < -0.3 is 10.4 Å². The third kappa shape index (κ3) is 2.23. The third-order valence-corrected chi connectivity index (χ3v) is 1.22. The van der Waals surface area contributed by atoms with Gasteiger partial charge >= 0.3 is 0 Å². The van der Waals surface area contributed by atoms with E-state index in [-0.39, 0.29) is 0 Å². The number of nitrogens with two attached hydrogens (primary N) is 1. The number of pyridine rings is 1. The lowest BCUT2D eigenvalue weighted by molar-refractivity contribution is 0.211. The van der Waals surface area contributed by atoms with Gasteiger partial charge in [0.2, 0.25) is 0 Å². The second-order valence-electron chi connectivity index (χ2n) is 2.16. The van der Waals surface area contributed by atoms with Crippen LogP contribution in [0.25, 0.3) is 0 Å². The number of anilines is 1. The highest BCUT2D eigenvalue weighted by atomic mass is 16.3. The van der Waals surface area contributed by atoms with Gasteiger partial charge in [-0.3, -0.25) is 5.73 Å².